The minimum atomic E-state index is -4.28. The van der Waals surface area contributed by atoms with Crippen molar-refractivity contribution in [2.24, 2.45) is 5.92 Å². The van der Waals surface area contributed by atoms with Gasteiger partial charge in [-0.1, -0.05) is 33.1 Å². The van der Waals surface area contributed by atoms with Gasteiger partial charge in [-0.3, -0.25) is 0 Å². The second kappa shape index (κ2) is 9.62. The monoisotopic (exact) mass is 270 g/mol. The first kappa shape index (κ1) is 17.7. The van der Waals surface area contributed by atoms with E-state index in [1.165, 1.54) is 6.42 Å². The summed E-state index contributed by atoms with van der Waals surface area (Å²) in [7, 11) is 0. The van der Waals surface area contributed by atoms with Crippen LogP contribution in [-0.2, 0) is 9.47 Å². The summed E-state index contributed by atoms with van der Waals surface area (Å²) in [6.45, 7) is 6.08. The molecule has 2 unspecified atom stereocenters. The molecule has 110 valence electrons. The quantitative estimate of drug-likeness (QED) is 0.554. The zero-order valence-corrected chi connectivity index (χ0v) is 11.6. The highest BCUT2D eigenvalue weighted by atomic mass is 19.4. The van der Waals surface area contributed by atoms with Gasteiger partial charge in [-0.25, -0.2) is 0 Å². The lowest BCUT2D eigenvalue weighted by Gasteiger charge is -2.17. The van der Waals surface area contributed by atoms with Gasteiger partial charge >= 0.3 is 6.18 Å². The van der Waals surface area contributed by atoms with Crippen LogP contribution in [0.4, 0.5) is 13.2 Å². The van der Waals surface area contributed by atoms with Gasteiger partial charge in [0.25, 0.3) is 0 Å². The molecule has 0 bridgehead atoms. The van der Waals surface area contributed by atoms with Crippen molar-refractivity contribution in [1.29, 1.82) is 0 Å². The Morgan fingerprint density at radius 1 is 1.11 bits per heavy atom. The summed E-state index contributed by atoms with van der Waals surface area (Å²) < 4.78 is 46.4. The molecule has 0 aliphatic carbocycles. The highest BCUT2D eigenvalue weighted by Gasteiger charge is 2.36. The highest BCUT2D eigenvalue weighted by molar-refractivity contribution is 4.60. The van der Waals surface area contributed by atoms with E-state index in [1.54, 1.807) is 0 Å². The fourth-order valence-corrected chi connectivity index (χ4v) is 1.53. The van der Waals surface area contributed by atoms with E-state index in [0.29, 0.717) is 12.5 Å². The molecule has 0 fully saturated rings. The van der Waals surface area contributed by atoms with Gasteiger partial charge in [-0.15, -0.1) is 0 Å². The van der Waals surface area contributed by atoms with Crippen LogP contribution in [0.5, 0.6) is 0 Å². The van der Waals surface area contributed by atoms with Gasteiger partial charge < -0.3 is 9.47 Å². The summed E-state index contributed by atoms with van der Waals surface area (Å²) in [6.07, 6.45) is -1.52. The van der Waals surface area contributed by atoms with Crippen LogP contribution < -0.4 is 0 Å². The van der Waals surface area contributed by atoms with E-state index >= 15 is 0 Å². The van der Waals surface area contributed by atoms with E-state index in [-0.39, 0.29) is 13.2 Å². The standard InChI is InChI=1S/C13H25F3O2/c1-4-6-7-12(5-2)10-17-8-9-18-11(3)13(14,15)16/h11-12H,4-10H2,1-3H3. The minimum absolute atomic E-state index is 0.00904. The van der Waals surface area contributed by atoms with Crippen LogP contribution in [0.2, 0.25) is 0 Å². The number of rotatable bonds is 10. The van der Waals surface area contributed by atoms with Crippen molar-refractivity contribution in [1.82, 2.24) is 0 Å². The van der Waals surface area contributed by atoms with Gasteiger partial charge in [0.1, 0.15) is 0 Å². The lowest BCUT2D eigenvalue weighted by molar-refractivity contribution is -0.216. The Balaban J connectivity index is 3.54. The van der Waals surface area contributed by atoms with Crippen LogP contribution in [0.3, 0.4) is 0 Å². The number of hydrogen-bond donors (Lipinski definition) is 0. The third-order valence-electron chi connectivity index (χ3n) is 2.95. The number of halogens is 3. The number of unbranched alkanes of at least 4 members (excludes halogenated alkanes) is 1. The molecule has 0 aliphatic heterocycles. The molecule has 2 nitrogen and oxygen atoms in total. The fourth-order valence-electron chi connectivity index (χ4n) is 1.53. The minimum Gasteiger partial charge on any atom is -0.379 e. The zero-order valence-electron chi connectivity index (χ0n) is 11.6. The fraction of sp³-hybridized carbons (Fsp3) is 1.00. The zero-order chi connectivity index (χ0) is 14.0. The van der Waals surface area contributed by atoms with Gasteiger partial charge in [0.15, 0.2) is 6.10 Å². The highest BCUT2D eigenvalue weighted by Crippen LogP contribution is 2.22. The van der Waals surface area contributed by atoms with E-state index < -0.39 is 12.3 Å². The van der Waals surface area contributed by atoms with E-state index in [2.05, 4.69) is 18.6 Å². The van der Waals surface area contributed by atoms with E-state index in [1.807, 2.05) is 0 Å². The maximum absolute atomic E-state index is 12.1. The Hall–Kier alpha value is -0.290. The van der Waals surface area contributed by atoms with Crippen molar-refractivity contribution >= 4 is 0 Å². The average molecular weight is 270 g/mol. The van der Waals surface area contributed by atoms with Crippen LogP contribution in [0.25, 0.3) is 0 Å². The van der Waals surface area contributed by atoms with E-state index in [4.69, 9.17) is 4.74 Å². The largest absolute Gasteiger partial charge is 0.414 e. The van der Waals surface area contributed by atoms with E-state index in [9.17, 15) is 13.2 Å². The molecular weight excluding hydrogens is 245 g/mol. The molecule has 0 saturated heterocycles. The van der Waals surface area contributed by atoms with Crippen LogP contribution in [0.1, 0.15) is 46.5 Å². The summed E-state index contributed by atoms with van der Waals surface area (Å²) in [5, 5.41) is 0. The summed E-state index contributed by atoms with van der Waals surface area (Å²) >= 11 is 0. The van der Waals surface area contributed by atoms with Crippen molar-refractivity contribution in [2.45, 2.75) is 58.7 Å². The second-order valence-corrected chi connectivity index (χ2v) is 4.55. The topological polar surface area (TPSA) is 18.5 Å². The number of alkyl halides is 3. The Kier molecular flexibility index (Phi) is 9.46. The Morgan fingerprint density at radius 2 is 1.78 bits per heavy atom. The van der Waals surface area contributed by atoms with Crippen molar-refractivity contribution in [3.05, 3.63) is 0 Å². The Morgan fingerprint density at radius 3 is 2.28 bits per heavy atom. The summed E-state index contributed by atoms with van der Waals surface area (Å²) in [5.74, 6) is 0.505. The third-order valence-corrected chi connectivity index (χ3v) is 2.95. The Labute approximate surface area is 108 Å². The maximum atomic E-state index is 12.1. The van der Waals surface area contributed by atoms with Crippen LogP contribution >= 0.6 is 0 Å². The molecule has 0 aromatic rings. The van der Waals surface area contributed by atoms with Crippen molar-refractivity contribution < 1.29 is 22.6 Å². The van der Waals surface area contributed by atoms with Crippen molar-refractivity contribution in [3.63, 3.8) is 0 Å². The first-order valence-electron chi connectivity index (χ1n) is 6.67. The summed E-state index contributed by atoms with van der Waals surface area (Å²) in [5.41, 5.74) is 0. The molecule has 0 aromatic carbocycles. The average Bonchev–Trinajstić information content (AvgIpc) is 2.31. The number of hydrogen-bond acceptors (Lipinski definition) is 2. The lowest BCUT2D eigenvalue weighted by Crippen LogP contribution is -2.29. The normalized spacial score (nSPS) is 15.7. The van der Waals surface area contributed by atoms with Crippen molar-refractivity contribution in [2.75, 3.05) is 19.8 Å². The molecule has 2 atom stereocenters. The van der Waals surface area contributed by atoms with Crippen molar-refractivity contribution in [3.8, 4) is 0 Å². The van der Waals surface area contributed by atoms with Crippen LogP contribution in [-0.4, -0.2) is 32.1 Å². The first-order chi connectivity index (χ1) is 8.41. The molecule has 0 aromatic heterocycles. The first-order valence-corrected chi connectivity index (χ1v) is 6.67. The SMILES string of the molecule is CCCCC(CC)COCCOC(C)C(F)(F)F. The molecule has 18 heavy (non-hydrogen) atoms. The van der Waals surface area contributed by atoms with Gasteiger partial charge in [0, 0.05) is 6.61 Å². The third kappa shape index (κ3) is 8.75. The van der Waals surface area contributed by atoms with Gasteiger partial charge in [0.2, 0.25) is 0 Å². The van der Waals surface area contributed by atoms with E-state index in [0.717, 1.165) is 26.2 Å². The van der Waals surface area contributed by atoms with Gasteiger partial charge in [0.05, 0.1) is 13.2 Å². The van der Waals surface area contributed by atoms with Crippen LogP contribution in [0.15, 0.2) is 0 Å². The molecule has 0 spiro atoms. The smallest absolute Gasteiger partial charge is 0.379 e. The molecule has 5 heteroatoms. The molecule has 0 N–H and O–H groups in total. The second-order valence-electron chi connectivity index (χ2n) is 4.55. The summed E-state index contributed by atoms with van der Waals surface area (Å²) in [6, 6.07) is 0. The van der Waals surface area contributed by atoms with Crippen LogP contribution in [0, 0.1) is 5.92 Å². The predicted octanol–water partition coefficient (Wildman–Crippen LogP) is 4.19. The van der Waals surface area contributed by atoms with Gasteiger partial charge in [-0.2, -0.15) is 13.2 Å². The number of ether oxygens (including phenoxy) is 2. The summed E-state index contributed by atoms with van der Waals surface area (Å²) in [4.78, 5) is 0. The predicted molar refractivity (Wildman–Crippen MR) is 65.6 cm³/mol. The Bertz CT molecular complexity index is 195. The molecule has 0 heterocycles. The lowest BCUT2D eigenvalue weighted by atomic mass is 10.0. The maximum Gasteiger partial charge on any atom is 0.414 e. The molecule has 0 aliphatic rings. The molecular formula is C13H25F3O2. The molecule has 0 saturated carbocycles. The van der Waals surface area contributed by atoms with Gasteiger partial charge in [-0.05, 0) is 19.3 Å². The molecule has 0 rings (SSSR count). The molecule has 0 radical (unpaired) electrons. The molecule has 0 amide bonds.